The van der Waals surface area contributed by atoms with Gasteiger partial charge in [-0.1, -0.05) is 11.6 Å². The summed E-state index contributed by atoms with van der Waals surface area (Å²) in [5.41, 5.74) is 1.66. The molecular formula is C11H8ClN3O2S2. The lowest BCUT2D eigenvalue weighted by Crippen LogP contribution is -2.31. The highest BCUT2D eigenvalue weighted by atomic mass is 35.5. The summed E-state index contributed by atoms with van der Waals surface area (Å²) in [5, 5.41) is 0.522. The van der Waals surface area contributed by atoms with Crippen LogP contribution in [0.4, 0.5) is 5.69 Å². The Kier molecular flexibility index (Phi) is 2.67. The average Bonchev–Trinajstić information content (AvgIpc) is 2.36. The van der Waals surface area contributed by atoms with Crippen LogP contribution in [0.5, 0.6) is 0 Å². The van der Waals surface area contributed by atoms with Crippen molar-refractivity contribution in [2.45, 2.75) is 4.90 Å². The summed E-state index contributed by atoms with van der Waals surface area (Å²) in [7, 11) is -2.12. The highest BCUT2D eigenvalue weighted by Crippen LogP contribution is 2.41. The third-order valence-electron chi connectivity index (χ3n) is 2.98. The molecule has 0 amide bonds. The molecule has 1 aromatic carbocycles. The van der Waals surface area contributed by atoms with Crippen molar-refractivity contribution in [1.29, 1.82) is 0 Å². The van der Waals surface area contributed by atoms with E-state index in [1.165, 1.54) is 17.5 Å². The van der Waals surface area contributed by atoms with Gasteiger partial charge in [-0.05, 0) is 30.4 Å². The smallest absolute Gasteiger partial charge is 0.267 e. The van der Waals surface area contributed by atoms with Crippen LogP contribution >= 0.6 is 23.8 Å². The third kappa shape index (κ3) is 1.77. The number of nitrogens with zero attached hydrogens (tertiary/aromatic N) is 2. The highest BCUT2D eigenvalue weighted by molar-refractivity contribution is 7.93. The van der Waals surface area contributed by atoms with Crippen LogP contribution in [-0.4, -0.2) is 25.4 Å². The maximum atomic E-state index is 12.4. The van der Waals surface area contributed by atoms with Gasteiger partial charge in [0.2, 0.25) is 0 Å². The Balaban J connectivity index is 2.49. The number of nitrogens with one attached hydrogen (secondary N) is 1. The van der Waals surface area contributed by atoms with Gasteiger partial charge in [-0.25, -0.2) is 13.4 Å². The second-order valence-corrected chi connectivity index (χ2v) is 6.82. The van der Waals surface area contributed by atoms with Crippen LogP contribution < -0.4 is 4.31 Å². The molecule has 0 radical (unpaired) electrons. The Bertz CT molecular complexity index is 845. The van der Waals surface area contributed by atoms with E-state index in [9.17, 15) is 8.42 Å². The predicted octanol–water partition coefficient (Wildman–Crippen LogP) is 2.60. The molecule has 0 atom stereocenters. The van der Waals surface area contributed by atoms with E-state index >= 15 is 0 Å². The van der Waals surface area contributed by atoms with Crippen molar-refractivity contribution < 1.29 is 8.42 Å². The molecule has 2 aromatic rings. The molecule has 0 saturated carbocycles. The van der Waals surface area contributed by atoms with Crippen molar-refractivity contribution >= 4 is 39.5 Å². The van der Waals surface area contributed by atoms with Gasteiger partial charge in [-0.2, -0.15) is 0 Å². The molecule has 1 aliphatic rings. The van der Waals surface area contributed by atoms with E-state index < -0.39 is 10.0 Å². The molecule has 1 aliphatic heterocycles. The fraction of sp³-hybridized carbons (Fsp3) is 0.0909. The van der Waals surface area contributed by atoms with E-state index in [2.05, 4.69) is 9.97 Å². The van der Waals surface area contributed by atoms with Crippen LogP contribution in [0.3, 0.4) is 0 Å². The van der Waals surface area contributed by atoms with Crippen LogP contribution in [0.2, 0.25) is 5.02 Å². The minimum Gasteiger partial charge on any atom is -0.329 e. The number of rotatable bonds is 0. The zero-order valence-corrected chi connectivity index (χ0v) is 12.1. The van der Waals surface area contributed by atoms with Crippen LogP contribution in [0.25, 0.3) is 11.3 Å². The fourth-order valence-corrected chi connectivity index (χ4v) is 3.68. The van der Waals surface area contributed by atoms with E-state index in [0.717, 1.165) is 0 Å². The number of aromatic nitrogens is 2. The van der Waals surface area contributed by atoms with Gasteiger partial charge in [-0.15, -0.1) is 0 Å². The van der Waals surface area contributed by atoms with E-state index in [4.69, 9.17) is 23.8 Å². The number of anilines is 1. The van der Waals surface area contributed by atoms with Gasteiger partial charge in [0.15, 0.2) is 4.77 Å². The number of hydrogen-bond acceptors (Lipinski definition) is 4. The summed E-state index contributed by atoms with van der Waals surface area (Å²) in [5.74, 6) is 0. The molecule has 0 unspecified atom stereocenters. The van der Waals surface area contributed by atoms with Crippen LogP contribution in [0.1, 0.15) is 0 Å². The second-order valence-electron chi connectivity index (χ2n) is 4.06. The highest BCUT2D eigenvalue weighted by Gasteiger charge is 2.33. The maximum absolute atomic E-state index is 12.4. The SMILES string of the molecule is CN1c2ccc(Cl)cc2-c2[nH]c(=S)ncc2S1(=O)=O. The molecule has 1 N–H and O–H groups in total. The summed E-state index contributed by atoms with van der Waals surface area (Å²) in [6.45, 7) is 0. The molecular weight excluding hydrogens is 306 g/mol. The molecule has 0 aliphatic carbocycles. The Hall–Kier alpha value is -1.44. The molecule has 3 rings (SSSR count). The summed E-state index contributed by atoms with van der Waals surface area (Å²) in [4.78, 5) is 6.76. The first-order valence-electron chi connectivity index (χ1n) is 5.29. The molecule has 2 heterocycles. The number of benzene rings is 1. The molecule has 0 fully saturated rings. The van der Waals surface area contributed by atoms with Crippen LogP contribution in [0, 0.1) is 4.77 Å². The maximum Gasteiger partial charge on any atom is 0.267 e. The quantitative estimate of drug-likeness (QED) is 0.759. The van der Waals surface area contributed by atoms with E-state index in [1.54, 1.807) is 18.2 Å². The Morgan fingerprint density at radius 1 is 1.42 bits per heavy atom. The molecule has 0 bridgehead atoms. The fourth-order valence-electron chi connectivity index (χ4n) is 2.04. The summed E-state index contributed by atoms with van der Waals surface area (Å²) < 4.78 is 26.2. The van der Waals surface area contributed by atoms with Crippen LogP contribution in [0.15, 0.2) is 29.3 Å². The first kappa shape index (κ1) is 12.6. The molecule has 1 aromatic heterocycles. The number of H-pyrrole nitrogens is 1. The van der Waals surface area contributed by atoms with Crippen molar-refractivity contribution in [3.05, 3.63) is 34.2 Å². The predicted molar refractivity (Wildman–Crippen MR) is 75.5 cm³/mol. The minimum atomic E-state index is -3.61. The van der Waals surface area contributed by atoms with Gasteiger partial charge < -0.3 is 4.98 Å². The summed E-state index contributed by atoms with van der Waals surface area (Å²) >= 11 is 10.9. The van der Waals surface area contributed by atoms with Crippen LogP contribution in [-0.2, 0) is 10.0 Å². The van der Waals surface area contributed by atoms with Crippen molar-refractivity contribution in [2.24, 2.45) is 0 Å². The normalized spacial score (nSPS) is 15.8. The van der Waals surface area contributed by atoms with Crippen molar-refractivity contribution in [1.82, 2.24) is 9.97 Å². The number of fused-ring (bicyclic) bond motifs is 3. The first-order valence-corrected chi connectivity index (χ1v) is 7.52. The lowest BCUT2D eigenvalue weighted by molar-refractivity contribution is 0.593. The van der Waals surface area contributed by atoms with Gasteiger partial charge in [0.25, 0.3) is 10.0 Å². The van der Waals surface area contributed by atoms with Gasteiger partial charge in [0.05, 0.1) is 17.6 Å². The molecule has 8 heteroatoms. The van der Waals surface area contributed by atoms with E-state index in [1.807, 2.05) is 0 Å². The Labute approximate surface area is 119 Å². The number of sulfonamides is 1. The van der Waals surface area contributed by atoms with E-state index in [-0.39, 0.29) is 9.67 Å². The Morgan fingerprint density at radius 2 is 2.16 bits per heavy atom. The minimum absolute atomic E-state index is 0.0957. The van der Waals surface area contributed by atoms with Gasteiger partial charge in [0.1, 0.15) is 4.90 Å². The largest absolute Gasteiger partial charge is 0.329 e. The van der Waals surface area contributed by atoms with Crippen molar-refractivity contribution in [3.8, 4) is 11.3 Å². The number of hydrogen-bond donors (Lipinski definition) is 1. The standard InChI is InChI=1S/C11H8ClN3O2S2/c1-15-8-3-2-6(12)4-7(8)10-9(19(15,16)17)5-13-11(18)14-10/h2-5H,1H3,(H,13,14,18). The first-order chi connectivity index (χ1) is 8.91. The average molecular weight is 314 g/mol. The number of halogens is 1. The monoisotopic (exact) mass is 313 g/mol. The van der Waals surface area contributed by atoms with Gasteiger partial charge >= 0.3 is 0 Å². The second kappa shape index (κ2) is 4.03. The molecule has 98 valence electrons. The zero-order valence-electron chi connectivity index (χ0n) is 9.71. The van der Waals surface area contributed by atoms with Crippen molar-refractivity contribution in [2.75, 3.05) is 11.4 Å². The van der Waals surface area contributed by atoms with Crippen molar-refractivity contribution in [3.63, 3.8) is 0 Å². The topological polar surface area (TPSA) is 66.1 Å². The van der Waals surface area contributed by atoms with E-state index in [0.29, 0.717) is 22.0 Å². The Morgan fingerprint density at radius 3 is 2.89 bits per heavy atom. The lowest BCUT2D eigenvalue weighted by Gasteiger charge is -2.28. The molecule has 5 nitrogen and oxygen atoms in total. The number of aromatic amines is 1. The lowest BCUT2D eigenvalue weighted by atomic mass is 10.1. The van der Waals surface area contributed by atoms with Gasteiger partial charge in [0, 0.05) is 17.6 Å². The molecule has 0 spiro atoms. The van der Waals surface area contributed by atoms with Gasteiger partial charge in [-0.3, -0.25) is 4.31 Å². The third-order valence-corrected chi connectivity index (χ3v) is 5.21. The molecule has 19 heavy (non-hydrogen) atoms. The zero-order chi connectivity index (χ0) is 13.8. The summed E-state index contributed by atoms with van der Waals surface area (Å²) in [6.07, 6.45) is 1.27. The summed E-state index contributed by atoms with van der Waals surface area (Å²) in [6, 6.07) is 5.01. The molecule has 0 saturated heterocycles.